The molecule has 0 radical (unpaired) electrons. The highest BCUT2D eigenvalue weighted by atomic mass is 79.9. The normalized spacial score (nSPS) is 16.6. The van der Waals surface area contributed by atoms with Gasteiger partial charge in [-0.3, -0.25) is 4.79 Å². The zero-order valence-corrected chi connectivity index (χ0v) is 18.8. The van der Waals surface area contributed by atoms with Crippen LogP contribution in [0.15, 0.2) is 39.0 Å². The van der Waals surface area contributed by atoms with Crippen LogP contribution in [0.3, 0.4) is 0 Å². The van der Waals surface area contributed by atoms with Crippen LogP contribution < -0.4 is 24.4 Å². The summed E-state index contributed by atoms with van der Waals surface area (Å²) in [5, 5.41) is 7.65. The van der Waals surface area contributed by atoms with Crippen LogP contribution in [0, 0.1) is 5.82 Å². The predicted octanol–water partition coefficient (Wildman–Crippen LogP) is 3.17. The Labute approximate surface area is 191 Å². The van der Waals surface area contributed by atoms with Crippen molar-refractivity contribution in [1.82, 2.24) is 5.43 Å². The summed E-state index contributed by atoms with van der Waals surface area (Å²) >= 11 is 3.54. The number of nitrogens with zero attached hydrogens (tertiary/aromatic N) is 2. The number of hydrazone groups is 1. The van der Waals surface area contributed by atoms with Gasteiger partial charge in [-0.05, 0) is 22.0 Å². The number of halogens is 2. The van der Waals surface area contributed by atoms with E-state index in [1.165, 1.54) is 26.5 Å². The van der Waals surface area contributed by atoms with Gasteiger partial charge in [-0.1, -0.05) is 23.4 Å². The lowest BCUT2D eigenvalue weighted by atomic mass is 10.0. The number of fused-ring (bicyclic) bond motifs is 1. The number of carbonyl (C=O) groups is 1. The van der Waals surface area contributed by atoms with Crippen molar-refractivity contribution in [1.29, 1.82) is 0 Å². The summed E-state index contributed by atoms with van der Waals surface area (Å²) in [6.45, 7) is 0.0543. The fourth-order valence-electron chi connectivity index (χ4n) is 3.37. The fourth-order valence-corrected chi connectivity index (χ4v) is 4.06. The molecule has 32 heavy (non-hydrogen) atoms. The van der Waals surface area contributed by atoms with Crippen LogP contribution in [0.4, 0.5) is 4.39 Å². The van der Waals surface area contributed by atoms with Crippen LogP contribution in [-0.2, 0) is 16.1 Å². The van der Waals surface area contributed by atoms with Crippen LogP contribution in [0.25, 0.3) is 0 Å². The number of methoxy groups -OCH3 is 2. The summed E-state index contributed by atoms with van der Waals surface area (Å²) in [6.07, 6.45) is 1.40. The lowest BCUT2D eigenvalue weighted by Gasteiger charge is -2.18. The van der Waals surface area contributed by atoms with Crippen LogP contribution in [0.1, 0.15) is 17.5 Å². The highest BCUT2D eigenvalue weighted by molar-refractivity contribution is 9.10. The van der Waals surface area contributed by atoms with Crippen molar-refractivity contribution in [2.24, 2.45) is 10.3 Å². The van der Waals surface area contributed by atoms with E-state index in [9.17, 15) is 9.18 Å². The molecule has 2 aromatic carbocycles. The molecule has 0 saturated heterocycles. The fraction of sp³-hybridized carbons (Fsp3) is 0.286. The Kier molecular flexibility index (Phi) is 6.45. The van der Waals surface area contributed by atoms with E-state index in [1.807, 2.05) is 0 Å². The molecule has 2 aliphatic heterocycles. The van der Waals surface area contributed by atoms with Gasteiger partial charge in [0.2, 0.25) is 18.3 Å². The number of hydrogen-bond acceptors (Lipinski definition) is 8. The lowest BCUT2D eigenvalue weighted by Crippen LogP contribution is -2.27. The third-order valence-electron chi connectivity index (χ3n) is 4.87. The zero-order chi connectivity index (χ0) is 22.7. The molecule has 1 atom stereocenters. The minimum atomic E-state index is -0.533. The summed E-state index contributed by atoms with van der Waals surface area (Å²) in [5.74, 6) is 0.896. The van der Waals surface area contributed by atoms with Crippen molar-refractivity contribution >= 4 is 33.8 Å². The predicted molar refractivity (Wildman–Crippen MR) is 116 cm³/mol. The van der Waals surface area contributed by atoms with Crippen molar-refractivity contribution in [2.45, 2.75) is 18.9 Å². The van der Waals surface area contributed by atoms with Crippen molar-refractivity contribution in [3.05, 3.63) is 45.7 Å². The van der Waals surface area contributed by atoms with Crippen LogP contribution in [0.2, 0.25) is 0 Å². The van der Waals surface area contributed by atoms with Gasteiger partial charge in [0.05, 0.1) is 24.9 Å². The molecule has 0 bridgehead atoms. The quantitative estimate of drug-likeness (QED) is 0.456. The summed E-state index contributed by atoms with van der Waals surface area (Å²) in [7, 11) is 3.05. The first-order chi connectivity index (χ1) is 15.5. The molecule has 1 amide bonds. The van der Waals surface area contributed by atoms with E-state index < -0.39 is 17.8 Å². The second-order valence-electron chi connectivity index (χ2n) is 6.82. The van der Waals surface area contributed by atoms with Gasteiger partial charge >= 0.3 is 0 Å². The highest BCUT2D eigenvalue weighted by Crippen LogP contribution is 2.54. The molecular formula is C21H19BrFN3O6. The number of amides is 1. The minimum absolute atomic E-state index is 0.0543. The second kappa shape index (κ2) is 9.43. The molecule has 0 spiro atoms. The number of nitrogens with one attached hydrogen (secondary N) is 1. The molecule has 4 rings (SSSR count). The van der Waals surface area contributed by atoms with Crippen molar-refractivity contribution < 1.29 is 33.0 Å². The number of oxime groups is 1. The topological polar surface area (TPSA) is 100.0 Å². The molecule has 0 fully saturated rings. The third-order valence-corrected chi connectivity index (χ3v) is 5.71. The van der Waals surface area contributed by atoms with E-state index in [0.29, 0.717) is 33.9 Å². The molecule has 2 heterocycles. The van der Waals surface area contributed by atoms with Gasteiger partial charge < -0.3 is 23.8 Å². The van der Waals surface area contributed by atoms with Crippen molar-refractivity contribution in [3.63, 3.8) is 0 Å². The van der Waals surface area contributed by atoms with Crippen LogP contribution >= 0.6 is 15.9 Å². The zero-order valence-electron chi connectivity index (χ0n) is 17.2. The maximum absolute atomic E-state index is 13.6. The first-order valence-electron chi connectivity index (χ1n) is 9.56. The number of ether oxygens (including phenoxy) is 4. The molecule has 9 nitrogen and oxygen atoms in total. The molecule has 0 aliphatic carbocycles. The number of hydrogen-bond donors (Lipinski definition) is 1. The summed E-state index contributed by atoms with van der Waals surface area (Å²) in [4.78, 5) is 17.8. The molecule has 168 valence electrons. The Balaban J connectivity index is 1.43. The number of benzene rings is 2. The van der Waals surface area contributed by atoms with E-state index in [1.54, 1.807) is 18.2 Å². The Morgan fingerprint density at radius 3 is 2.72 bits per heavy atom. The average molecular weight is 508 g/mol. The van der Waals surface area contributed by atoms with Gasteiger partial charge in [-0.25, -0.2) is 9.82 Å². The van der Waals surface area contributed by atoms with Gasteiger partial charge in [-0.15, -0.1) is 0 Å². The molecule has 11 heteroatoms. The van der Waals surface area contributed by atoms with Gasteiger partial charge in [0.15, 0.2) is 11.5 Å². The molecule has 0 aromatic heterocycles. The standard InChI is InChI=1S/C21H19BrFN3O6/c1-28-17-13(16(22)18(29-2)20-19(17)30-10-31-20)7-12-8-15(26-32-12)21(27)25-24-9-11-5-3-4-6-14(11)23/h3-6,9,12H,7-8,10H2,1-2H3,(H,25,27). The first-order valence-corrected chi connectivity index (χ1v) is 10.3. The number of rotatable bonds is 7. The van der Waals surface area contributed by atoms with Crippen LogP contribution in [-0.4, -0.2) is 44.9 Å². The van der Waals surface area contributed by atoms with Crippen LogP contribution in [0.5, 0.6) is 23.0 Å². The number of carbonyl (C=O) groups excluding carboxylic acids is 1. The molecule has 2 aromatic rings. The monoisotopic (exact) mass is 507 g/mol. The van der Waals surface area contributed by atoms with E-state index in [4.69, 9.17) is 23.8 Å². The lowest BCUT2D eigenvalue weighted by molar-refractivity contribution is -0.114. The maximum atomic E-state index is 13.6. The third kappa shape index (κ3) is 4.20. The highest BCUT2D eigenvalue weighted by Gasteiger charge is 2.34. The van der Waals surface area contributed by atoms with E-state index in [0.717, 1.165) is 5.56 Å². The average Bonchev–Trinajstić information content (AvgIpc) is 3.46. The van der Waals surface area contributed by atoms with Crippen molar-refractivity contribution in [2.75, 3.05) is 21.0 Å². The molecule has 2 aliphatic rings. The minimum Gasteiger partial charge on any atom is -0.492 e. The molecular weight excluding hydrogens is 489 g/mol. The van der Waals surface area contributed by atoms with Gasteiger partial charge in [-0.2, -0.15) is 5.10 Å². The van der Waals surface area contributed by atoms with Gasteiger partial charge in [0.25, 0.3) is 5.91 Å². The molecule has 1 unspecified atom stereocenters. The van der Waals surface area contributed by atoms with Crippen molar-refractivity contribution in [3.8, 4) is 23.0 Å². The Morgan fingerprint density at radius 2 is 2.00 bits per heavy atom. The Morgan fingerprint density at radius 1 is 1.28 bits per heavy atom. The SMILES string of the molecule is COc1c(Br)c(CC2CC(C(=O)NN=Cc3ccccc3F)=NO2)c(OC)c2c1OCO2. The van der Waals surface area contributed by atoms with Gasteiger partial charge in [0.1, 0.15) is 17.6 Å². The first kappa shape index (κ1) is 21.9. The van der Waals surface area contributed by atoms with Gasteiger partial charge in [0, 0.05) is 24.0 Å². The summed E-state index contributed by atoms with van der Waals surface area (Å²) in [6, 6.07) is 6.09. The summed E-state index contributed by atoms with van der Waals surface area (Å²) < 4.78 is 36.3. The maximum Gasteiger partial charge on any atom is 0.289 e. The Bertz CT molecular complexity index is 1110. The molecule has 0 saturated carbocycles. The smallest absolute Gasteiger partial charge is 0.289 e. The van der Waals surface area contributed by atoms with E-state index >= 15 is 0 Å². The van der Waals surface area contributed by atoms with E-state index in [2.05, 4.69) is 31.6 Å². The Hall–Kier alpha value is -3.34. The largest absolute Gasteiger partial charge is 0.492 e. The second-order valence-corrected chi connectivity index (χ2v) is 7.61. The molecule has 1 N–H and O–H groups in total. The van der Waals surface area contributed by atoms with E-state index in [-0.39, 0.29) is 24.5 Å². The summed E-state index contributed by atoms with van der Waals surface area (Å²) in [5.41, 5.74) is 3.49.